The summed E-state index contributed by atoms with van der Waals surface area (Å²) in [5, 5.41) is 2.99. The van der Waals surface area contributed by atoms with Crippen LogP contribution in [0.3, 0.4) is 0 Å². The van der Waals surface area contributed by atoms with Crippen molar-refractivity contribution < 1.29 is 9.18 Å². The zero-order valence-electron chi connectivity index (χ0n) is 14.3. The molecule has 0 aliphatic heterocycles. The average Bonchev–Trinajstić information content (AvgIpc) is 2.87. The first-order chi connectivity index (χ1) is 12.3. The topological polar surface area (TPSA) is 78.1 Å². The van der Waals surface area contributed by atoms with E-state index in [4.69, 9.17) is 11.6 Å². The summed E-state index contributed by atoms with van der Waals surface area (Å²) in [6.45, 7) is 2.19. The number of thiophene rings is 1. The normalized spacial score (nSPS) is 11.3. The molecule has 3 rings (SSSR count). The number of hydrogen-bond donors (Lipinski definition) is 2. The largest absolute Gasteiger partial charge is 0.321 e. The van der Waals surface area contributed by atoms with Crippen molar-refractivity contribution in [2.24, 2.45) is 0 Å². The molecule has 2 N–H and O–H groups in total. The van der Waals surface area contributed by atoms with Gasteiger partial charge in [0, 0.05) is 5.69 Å². The first-order valence-corrected chi connectivity index (χ1v) is 8.89. The Kier molecular flexibility index (Phi) is 5.08. The van der Waals surface area contributed by atoms with E-state index in [-0.39, 0.29) is 10.6 Å². The molecule has 1 aromatic carbocycles. The lowest BCUT2D eigenvalue weighted by Gasteiger charge is -2.07. The third kappa shape index (κ3) is 3.62. The smallest absolute Gasteiger partial charge is 0.266 e. The summed E-state index contributed by atoms with van der Waals surface area (Å²) in [5.41, 5.74) is 0.652. The Hall–Kier alpha value is -2.29. The van der Waals surface area contributed by atoms with Crippen molar-refractivity contribution in [3.8, 4) is 0 Å². The monoisotopic (exact) mass is 394 g/mol. The van der Waals surface area contributed by atoms with Crippen molar-refractivity contribution in [3.05, 3.63) is 55.7 Å². The summed E-state index contributed by atoms with van der Waals surface area (Å²) in [7, 11) is 3.74. The number of nitrogens with zero attached hydrogens (tertiary/aromatic N) is 2. The fraction of sp³-hybridized carbons (Fsp3) is 0.235. The molecule has 2 aromatic heterocycles. The summed E-state index contributed by atoms with van der Waals surface area (Å²) in [6, 6.07) is 3.93. The highest BCUT2D eigenvalue weighted by molar-refractivity contribution is 7.20. The van der Waals surface area contributed by atoms with Crippen LogP contribution in [-0.2, 0) is 6.54 Å². The van der Waals surface area contributed by atoms with Gasteiger partial charge in [-0.25, -0.2) is 9.37 Å². The number of amides is 1. The molecule has 0 saturated carbocycles. The maximum Gasteiger partial charge on any atom is 0.266 e. The number of carbonyl (C=O) groups excluding carboxylic acids is 1. The number of nitrogens with one attached hydrogen (secondary N) is 2. The number of aryl methyl sites for hydroxylation is 1. The fourth-order valence-corrected chi connectivity index (χ4v) is 3.82. The van der Waals surface area contributed by atoms with Crippen molar-refractivity contribution in [1.29, 1.82) is 0 Å². The zero-order valence-corrected chi connectivity index (χ0v) is 15.9. The fourth-order valence-electron chi connectivity index (χ4n) is 2.54. The first kappa shape index (κ1) is 18.5. The zero-order chi connectivity index (χ0) is 19.0. The van der Waals surface area contributed by atoms with Gasteiger partial charge in [0.25, 0.3) is 11.5 Å². The van der Waals surface area contributed by atoms with Crippen molar-refractivity contribution in [1.82, 2.24) is 14.9 Å². The van der Waals surface area contributed by atoms with Crippen LogP contribution < -0.4 is 10.9 Å². The lowest BCUT2D eigenvalue weighted by Crippen LogP contribution is -2.18. The molecule has 1 amide bonds. The second-order valence-corrected chi connectivity index (χ2v) is 7.48. The Balaban J connectivity index is 1.97. The molecule has 2 heterocycles. The standard InChI is InChI=1S/C17H16ClFN4O2S/c1-8-13-15(24)21-12(7-23(2)3)22-17(13)26-14(8)16(25)20-9-4-5-11(19)10(18)6-9/h4-6H,7H2,1-3H3,(H,20,25)(H,21,22,24). The van der Waals surface area contributed by atoms with Gasteiger partial charge in [-0.1, -0.05) is 11.6 Å². The predicted molar refractivity (Wildman–Crippen MR) is 102 cm³/mol. The molecule has 0 spiro atoms. The van der Waals surface area contributed by atoms with Crippen LogP contribution in [0.1, 0.15) is 21.1 Å². The minimum absolute atomic E-state index is 0.0812. The molecule has 0 fully saturated rings. The molecule has 26 heavy (non-hydrogen) atoms. The van der Waals surface area contributed by atoms with Crippen LogP contribution in [0.5, 0.6) is 0 Å². The summed E-state index contributed by atoms with van der Waals surface area (Å²) in [5.74, 6) is -0.431. The van der Waals surface area contributed by atoms with Crippen molar-refractivity contribution in [2.45, 2.75) is 13.5 Å². The van der Waals surface area contributed by atoms with Crippen molar-refractivity contribution in [3.63, 3.8) is 0 Å². The highest BCUT2D eigenvalue weighted by Gasteiger charge is 2.20. The van der Waals surface area contributed by atoms with Crippen LogP contribution in [0.4, 0.5) is 10.1 Å². The third-order valence-electron chi connectivity index (χ3n) is 3.70. The summed E-state index contributed by atoms with van der Waals surface area (Å²) >= 11 is 6.88. The Labute approximate surface area is 157 Å². The van der Waals surface area contributed by atoms with Crippen LogP contribution in [0, 0.1) is 12.7 Å². The molecule has 0 saturated heterocycles. The Morgan fingerprint density at radius 1 is 1.42 bits per heavy atom. The number of benzene rings is 1. The van der Waals surface area contributed by atoms with Gasteiger partial charge in [-0.2, -0.15) is 0 Å². The van der Waals surface area contributed by atoms with Gasteiger partial charge in [0.2, 0.25) is 0 Å². The van der Waals surface area contributed by atoms with Crippen molar-refractivity contribution in [2.75, 3.05) is 19.4 Å². The van der Waals surface area contributed by atoms with Gasteiger partial charge in [0.15, 0.2) is 0 Å². The average molecular weight is 395 g/mol. The van der Waals surface area contributed by atoms with E-state index in [0.29, 0.717) is 38.7 Å². The molecule has 0 radical (unpaired) electrons. The second-order valence-electron chi connectivity index (χ2n) is 6.07. The van der Waals surface area contributed by atoms with Gasteiger partial charge >= 0.3 is 0 Å². The summed E-state index contributed by atoms with van der Waals surface area (Å²) in [6.07, 6.45) is 0. The number of hydrogen-bond acceptors (Lipinski definition) is 5. The number of aromatic amines is 1. The molecular formula is C17H16ClFN4O2S. The first-order valence-electron chi connectivity index (χ1n) is 7.69. The minimum atomic E-state index is -0.563. The lowest BCUT2D eigenvalue weighted by atomic mass is 10.2. The predicted octanol–water partition coefficient (Wildman–Crippen LogP) is 3.40. The number of rotatable bonds is 4. The maximum absolute atomic E-state index is 13.2. The molecule has 136 valence electrons. The van der Waals surface area contributed by atoms with E-state index in [0.717, 1.165) is 11.3 Å². The van der Waals surface area contributed by atoms with Gasteiger partial charge in [0.1, 0.15) is 16.5 Å². The van der Waals surface area contributed by atoms with Crippen molar-refractivity contribution >= 4 is 44.7 Å². The lowest BCUT2D eigenvalue weighted by molar-refractivity contribution is 0.103. The summed E-state index contributed by atoms with van der Waals surface area (Å²) < 4.78 is 13.2. The molecule has 0 atom stereocenters. The number of halogens is 2. The van der Waals surface area contributed by atoms with Crippen LogP contribution in [0.15, 0.2) is 23.0 Å². The van der Waals surface area contributed by atoms with E-state index in [2.05, 4.69) is 15.3 Å². The SMILES string of the molecule is Cc1c(C(=O)Nc2ccc(F)c(Cl)c2)sc2nc(CN(C)C)[nH]c(=O)c12. The molecule has 0 aliphatic carbocycles. The molecule has 0 unspecified atom stereocenters. The van der Waals surface area contributed by atoms with E-state index in [1.54, 1.807) is 6.92 Å². The maximum atomic E-state index is 13.2. The van der Waals surface area contributed by atoms with Crippen LogP contribution in [0.2, 0.25) is 5.02 Å². The highest BCUT2D eigenvalue weighted by Crippen LogP contribution is 2.28. The molecule has 3 aromatic rings. The van der Waals surface area contributed by atoms with E-state index in [1.165, 1.54) is 18.2 Å². The summed E-state index contributed by atoms with van der Waals surface area (Å²) in [4.78, 5) is 34.9. The number of fused-ring (bicyclic) bond motifs is 1. The number of anilines is 1. The number of H-pyrrole nitrogens is 1. The van der Waals surface area contributed by atoms with E-state index >= 15 is 0 Å². The van der Waals surface area contributed by atoms with Crippen LogP contribution >= 0.6 is 22.9 Å². The van der Waals surface area contributed by atoms with E-state index in [1.807, 2.05) is 19.0 Å². The molecule has 6 nitrogen and oxygen atoms in total. The Morgan fingerprint density at radius 3 is 2.81 bits per heavy atom. The molecule has 0 aliphatic rings. The molecule has 0 bridgehead atoms. The Morgan fingerprint density at radius 2 is 2.15 bits per heavy atom. The van der Waals surface area contributed by atoms with Gasteiger partial charge in [-0.3, -0.25) is 9.59 Å². The van der Waals surface area contributed by atoms with E-state index in [9.17, 15) is 14.0 Å². The number of aromatic nitrogens is 2. The molecule has 9 heteroatoms. The Bertz CT molecular complexity index is 1060. The quantitative estimate of drug-likeness (QED) is 0.711. The van der Waals surface area contributed by atoms with Crippen LogP contribution in [0.25, 0.3) is 10.2 Å². The second kappa shape index (κ2) is 7.14. The highest BCUT2D eigenvalue weighted by atomic mass is 35.5. The van der Waals surface area contributed by atoms with E-state index < -0.39 is 11.7 Å². The van der Waals surface area contributed by atoms with Gasteiger partial charge in [-0.05, 0) is 44.8 Å². The molecular weight excluding hydrogens is 379 g/mol. The number of carbonyl (C=O) groups is 1. The minimum Gasteiger partial charge on any atom is -0.321 e. The van der Waals surface area contributed by atoms with Gasteiger partial charge in [0.05, 0.1) is 21.8 Å². The van der Waals surface area contributed by atoms with Gasteiger partial charge in [-0.15, -0.1) is 11.3 Å². The van der Waals surface area contributed by atoms with Crippen LogP contribution in [-0.4, -0.2) is 34.9 Å². The van der Waals surface area contributed by atoms with Gasteiger partial charge < -0.3 is 15.2 Å². The third-order valence-corrected chi connectivity index (χ3v) is 5.17.